The van der Waals surface area contributed by atoms with Crippen molar-refractivity contribution in [3.05, 3.63) is 29.6 Å². The fourth-order valence-electron chi connectivity index (χ4n) is 1.49. The standard InChI is InChI=1S/C14H15FN2O2/c15-13-7-6-12(9-10(13)3-1-2-8-18)17-14(19)16-11-4-5-11/h6-7,9,11,18H,2,4-5,8H2,(H2,16,17,19). The smallest absolute Gasteiger partial charge is 0.319 e. The maximum absolute atomic E-state index is 13.5. The highest BCUT2D eigenvalue weighted by Gasteiger charge is 2.23. The number of carbonyl (C=O) groups excluding carboxylic acids is 1. The Morgan fingerprint density at radius 3 is 2.95 bits per heavy atom. The third-order valence-corrected chi connectivity index (χ3v) is 2.60. The minimum absolute atomic E-state index is 0.0592. The Labute approximate surface area is 111 Å². The minimum Gasteiger partial charge on any atom is -0.395 e. The van der Waals surface area contributed by atoms with Crippen LogP contribution < -0.4 is 10.6 Å². The molecule has 3 N–H and O–H groups in total. The van der Waals surface area contributed by atoms with E-state index < -0.39 is 5.82 Å². The SMILES string of the molecule is O=C(Nc1ccc(F)c(C#CCCO)c1)NC1CC1. The first-order valence-electron chi connectivity index (χ1n) is 6.16. The zero-order valence-corrected chi connectivity index (χ0v) is 10.4. The van der Waals surface area contributed by atoms with Gasteiger partial charge in [-0.1, -0.05) is 11.8 Å². The second-order valence-electron chi connectivity index (χ2n) is 4.34. The molecule has 2 amide bonds. The lowest BCUT2D eigenvalue weighted by Crippen LogP contribution is -2.30. The normalized spacial score (nSPS) is 13.4. The van der Waals surface area contributed by atoms with Crippen LogP contribution in [0.2, 0.25) is 0 Å². The van der Waals surface area contributed by atoms with Crippen LogP contribution in [0.3, 0.4) is 0 Å². The molecule has 0 radical (unpaired) electrons. The summed E-state index contributed by atoms with van der Waals surface area (Å²) in [6.45, 7) is -0.0592. The molecule has 1 saturated carbocycles. The summed E-state index contributed by atoms with van der Waals surface area (Å²) in [7, 11) is 0. The highest BCUT2D eigenvalue weighted by Crippen LogP contribution is 2.19. The minimum atomic E-state index is -0.446. The van der Waals surface area contributed by atoms with Crippen LogP contribution in [-0.2, 0) is 0 Å². The fourth-order valence-corrected chi connectivity index (χ4v) is 1.49. The van der Waals surface area contributed by atoms with Crippen LogP contribution in [0, 0.1) is 17.7 Å². The molecule has 1 aliphatic carbocycles. The number of hydrogen-bond donors (Lipinski definition) is 3. The average Bonchev–Trinajstić information content (AvgIpc) is 3.17. The van der Waals surface area contributed by atoms with Crippen LogP contribution >= 0.6 is 0 Å². The van der Waals surface area contributed by atoms with Crippen molar-refractivity contribution in [2.75, 3.05) is 11.9 Å². The van der Waals surface area contributed by atoms with Crippen molar-refractivity contribution in [2.24, 2.45) is 0 Å². The van der Waals surface area contributed by atoms with Crippen LogP contribution in [0.4, 0.5) is 14.9 Å². The number of amides is 2. The van der Waals surface area contributed by atoms with E-state index in [0.29, 0.717) is 12.1 Å². The number of aliphatic hydroxyl groups excluding tert-OH is 1. The number of nitrogens with one attached hydrogen (secondary N) is 2. The number of carbonyl (C=O) groups is 1. The lowest BCUT2D eigenvalue weighted by Gasteiger charge is -2.07. The highest BCUT2D eigenvalue weighted by molar-refractivity contribution is 5.89. The Morgan fingerprint density at radius 2 is 2.26 bits per heavy atom. The molecule has 1 fully saturated rings. The molecule has 100 valence electrons. The zero-order chi connectivity index (χ0) is 13.7. The molecule has 19 heavy (non-hydrogen) atoms. The molecular weight excluding hydrogens is 247 g/mol. The molecule has 4 nitrogen and oxygen atoms in total. The first-order valence-corrected chi connectivity index (χ1v) is 6.16. The molecule has 0 saturated heterocycles. The maximum Gasteiger partial charge on any atom is 0.319 e. The van der Waals surface area contributed by atoms with Crippen molar-refractivity contribution in [1.29, 1.82) is 0 Å². The molecule has 0 atom stereocenters. The van der Waals surface area contributed by atoms with Gasteiger partial charge < -0.3 is 15.7 Å². The van der Waals surface area contributed by atoms with E-state index in [9.17, 15) is 9.18 Å². The molecule has 5 heteroatoms. The Morgan fingerprint density at radius 1 is 1.47 bits per heavy atom. The van der Waals surface area contributed by atoms with E-state index in [1.807, 2.05) is 0 Å². The summed E-state index contributed by atoms with van der Waals surface area (Å²) < 4.78 is 13.5. The number of hydrogen-bond acceptors (Lipinski definition) is 2. The van der Waals surface area contributed by atoms with Crippen LogP contribution in [0.5, 0.6) is 0 Å². The molecule has 0 aliphatic heterocycles. The van der Waals surface area contributed by atoms with Gasteiger partial charge in [-0.3, -0.25) is 0 Å². The molecule has 0 heterocycles. The van der Waals surface area contributed by atoms with Crippen molar-refractivity contribution in [3.63, 3.8) is 0 Å². The van der Waals surface area contributed by atoms with Crippen molar-refractivity contribution < 1.29 is 14.3 Å². The highest BCUT2D eigenvalue weighted by atomic mass is 19.1. The Bertz CT molecular complexity index is 530. The molecule has 2 rings (SSSR count). The molecule has 1 aliphatic rings. The lowest BCUT2D eigenvalue weighted by molar-refractivity contribution is 0.251. The topological polar surface area (TPSA) is 61.4 Å². The molecule has 1 aromatic carbocycles. The van der Waals surface area contributed by atoms with E-state index in [-0.39, 0.29) is 24.2 Å². The first kappa shape index (κ1) is 13.4. The van der Waals surface area contributed by atoms with Crippen LogP contribution in [0.15, 0.2) is 18.2 Å². The summed E-state index contributed by atoms with van der Waals surface area (Å²) in [4.78, 5) is 11.5. The van der Waals surface area contributed by atoms with E-state index >= 15 is 0 Å². The second-order valence-corrected chi connectivity index (χ2v) is 4.34. The molecule has 0 bridgehead atoms. The van der Waals surface area contributed by atoms with Gasteiger partial charge in [0.15, 0.2) is 0 Å². The Balaban J connectivity index is 2.02. The summed E-state index contributed by atoms with van der Waals surface area (Å²) >= 11 is 0. The zero-order valence-electron chi connectivity index (χ0n) is 10.4. The average molecular weight is 262 g/mol. The van der Waals surface area contributed by atoms with Crippen molar-refractivity contribution in [1.82, 2.24) is 5.32 Å². The van der Waals surface area contributed by atoms with E-state index in [0.717, 1.165) is 12.8 Å². The third kappa shape index (κ3) is 4.27. The largest absolute Gasteiger partial charge is 0.395 e. The third-order valence-electron chi connectivity index (χ3n) is 2.60. The van der Waals surface area contributed by atoms with E-state index in [2.05, 4.69) is 22.5 Å². The first-order chi connectivity index (χ1) is 9.19. The van der Waals surface area contributed by atoms with E-state index in [1.54, 1.807) is 0 Å². The number of anilines is 1. The summed E-state index contributed by atoms with van der Waals surface area (Å²) in [6, 6.07) is 4.20. The molecule has 0 aromatic heterocycles. The molecule has 0 spiro atoms. The number of aliphatic hydroxyl groups is 1. The van der Waals surface area contributed by atoms with Gasteiger partial charge in [-0.25, -0.2) is 9.18 Å². The van der Waals surface area contributed by atoms with Gasteiger partial charge in [0.25, 0.3) is 0 Å². The quantitative estimate of drug-likeness (QED) is 0.728. The second kappa shape index (κ2) is 6.21. The number of halogens is 1. The van der Waals surface area contributed by atoms with Crippen LogP contribution in [-0.4, -0.2) is 23.8 Å². The van der Waals surface area contributed by atoms with Crippen molar-refractivity contribution in [2.45, 2.75) is 25.3 Å². The maximum atomic E-state index is 13.5. The summed E-state index contributed by atoms with van der Waals surface area (Å²) in [5.74, 6) is 4.82. The van der Waals surface area contributed by atoms with E-state index in [4.69, 9.17) is 5.11 Å². The van der Waals surface area contributed by atoms with Crippen LogP contribution in [0.25, 0.3) is 0 Å². The van der Waals surface area contributed by atoms with Gasteiger partial charge in [-0.05, 0) is 31.0 Å². The lowest BCUT2D eigenvalue weighted by atomic mass is 10.2. The number of rotatable bonds is 3. The Kier molecular flexibility index (Phi) is 4.37. The predicted octanol–water partition coefficient (Wildman–Crippen LogP) is 1.84. The van der Waals surface area contributed by atoms with Gasteiger partial charge in [0.1, 0.15) is 5.82 Å². The van der Waals surface area contributed by atoms with Crippen molar-refractivity contribution >= 4 is 11.7 Å². The van der Waals surface area contributed by atoms with Gasteiger partial charge in [0.05, 0.1) is 12.2 Å². The molecule has 1 aromatic rings. The monoisotopic (exact) mass is 262 g/mol. The number of urea groups is 1. The van der Waals surface area contributed by atoms with Gasteiger partial charge in [-0.15, -0.1) is 0 Å². The van der Waals surface area contributed by atoms with Gasteiger partial charge in [0, 0.05) is 18.2 Å². The fraction of sp³-hybridized carbons (Fsp3) is 0.357. The summed E-state index contributed by atoms with van der Waals surface area (Å²) in [5.41, 5.74) is 0.700. The number of benzene rings is 1. The molecular formula is C14H15FN2O2. The predicted molar refractivity (Wildman–Crippen MR) is 70.2 cm³/mol. The van der Waals surface area contributed by atoms with E-state index in [1.165, 1.54) is 18.2 Å². The molecule has 0 unspecified atom stereocenters. The summed E-state index contributed by atoms with van der Waals surface area (Å²) in [5, 5.41) is 14.0. The summed E-state index contributed by atoms with van der Waals surface area (Å²) in [6.07, 6.45) is 2.31. The Hall–Kier alpha value is -2.06. The van der Waals surface area contributed by atoms with Crippen LogP contribution in [0.1, 0.15) is 24.8 Å². The van der Waals surface area contributed by atoms with Gasteiger partial charge in [-0.2, -0.15) is 0 Å². The van der Waals surface area contributed by atoms with Gasteiger partial charge in [0.2, 0.25) is 0 Å². The van der Waals surface area contributed by atoms with Gasteiger partial charge >= 0.3 is 6.03 Å². The van der Waals surface area contributed by atoms with Crippen molar-refractivity contribution in [3.8, 4) is 11.8 Å².